The zero-order valence-electron chi connectivity index (χ0n) is 25.2. The highest BCUT2D eigenvalue weighted by Gasteiger charge is 2.79. The van der Waals surface area contributed by atoms with Crippen molar-refractivity contribution in [1.82, 2.24) is 30.2 Å². The Labute approximate surface area is 265 Å². The van der Waals surface area contributed by atoms with Gasteiger partial charge in [-0.05, 0) is 32.9 Å². The Hall–Kier alpha value is -3.87. The molecule has 48 heavy (non-hydrogen) atoms. The Kier molecular flexibility index (Phi) is 6.45. The third-order valence-corrected chi connectivity index (χ3v) is 10.3. The molecule has 5 aliphatic rings. The molecule has 19 heteroatoms. The first kappa shape index (κ1) is 31.4. The summed E-state index contributed by atoms with van der Waals surface area (Å²) >= 11 is 0. The van der Waals surface area contributed by atoms with Crippen LogP contribution in [0, 0.1) is 18.2 Å². The number of likely N-dealkylation sites (N-methyl/N-ethyl adjacent to an activating group) is 1. The molecule has 6 atom stereocenters. The van der Waals surface area contributed by atoms with Gasteiger partial charge in [-0.1, -0.05) is 0 Å². The number of nitrogens with zero attached hydrogens (tertiary/aromatic N) is 6. The number of nitrogens with two attached hydrogens (primary N) is 1. The lowest BCUT2D eigenvalue weighted by Gasteiger charge is -2.46. The molecule has 0 unspecified atom stereocenters. The first-order valence-electron chi connectivity index (χ1n) is 15.1. The second kappa shape index (κ2) is 9.86. The largest absolute Gasteiger partial charge is 0.462 e. The molecular weight excluding hydrogens is 663 g/mol. The molecule has 4 fully saturated rings. The van der Waals surface area contributed by atoms with Crippen LogP contribution in [-0.2, 0) is 6.18 Å². The van der Waals surface area contributed by atoms with Crippen molar-refractivity contribution < 1.29 is 49.0 Å². The van der Waals surface area contributed by atoms with Gasteiger partial charge in [0.25, 0.3) is 5.92 Å². The number of anilines is 2. The summed E-state index contributed by atoms with van der Waals surface area (Å²) in [6, 6.07) is -3.06. The molecule has 1 aliphatic carbocycles. The summed E-state index contributed by atoms with van der Waals surface area (Å²) < 4.78 is 144. The van der Waals surface area contributed by atoms with Gasteiger partial charge in [0.2, 0.25) is 12.0 Å². The van der Waals surface area contributed by atoms with Gasteiger partial charge in [0.1, 0.15) is 34.8 Å². The number of aryl methyl sites for hydroxylation is 1. The number of piperazine rings is 1. The second-order valence-corrected chi connectivity index (χ2v) is 13.2. The van der Waals surface area contributed by atoms with Gasteiger partial charge >= 0.3 is 18.4 Å². The van der Waals surface area contributed by atoms with Gasteiger partial charge in [0.05, 0.1) is 28.8 Å². The summed E-state index contributed by atoms with van der Waals surface area (Å²) in [6.07, 6.45) is -12.1. The Bertz CT molecular complexity index is 1860. The minimum absolute atomic E-state index is 0.00945. The monoisotopic (exact) mass is 690 g/mol. The summed E-state index contributed by atoms with van der Waals surface area (Å²) in [5, 5.41) is 2.75. The van der Waals surface area contributed by atoms with Crippen molar-refractivity contribution in [2.24, 2.45) is 5.41 Å². The Morgan fingerprint density at radius 3 is 2.48 bits per heavy atom. The number of hydrogen-bond acceptors (Lipinski definition) is 10. The molecule has 0 aromatic carbocycles. The highest BCUT2D eigenvalue weighted by Crippen LogP contribution is 2.68. The number of nitrogen functional groups attached to an aromatic ring is 1. The fourth-order valence-corrected chi connectivity index (χ4v) is 8.07. The van der Waals surface area contributed by atoms with Crippen molar-refractivity contribution in [2.75, 3.05) is 37.4 Å². The molecule has 0 radical (unpaired) electrons. The van der Waals surface area contributed by atoms with E-state index in [-0.39, 0.29) is 38.0 Å². The van der Waals surface area contributed by atoms with Crippen LogP contribution in [0.15, 0.2) is 6.07 Å². The van der Waals surface area contributed by atoms with Crippen molar-refractivity contribution in [3.05, 3.63) is 23.1 Å². The quantitative estimate of drug-likeness (QED) is 0.380. The van der Waals surface area contributed by atoms with Crippen LogP contribution in [0.4, 0.5) is 51.1 Å². The van der Waals surface area contributed by atoms with Gasteiger partial charge in [-0.15, -0.1) is 0 Å². The molecule has 10 nitrogen and oxygen atoms in total. The van der Waals surface area contributed by atoms with E-state index in [1.807, 2.05) is 0 Å². The zero-order valence-corrected chi connectivity index (χ0v) is 25.2. The summed E-state index contributed by atoms with van der Waals surface area (Å²) in [5.74, 6) is -5.85. The number of hydrogen-bond donors (Lipinski definition) is 2. The Morgan fingerprint density at radius 1 is 1.10 bits per heavy atom. The molecular formula is C29H27F9N8O2. The molecule has 258 valence electrons. The van der Waals surface area contributed by atoms with E-state index in [9.17, 15) is 35.1 Å². The Balaban J connectivity index is 1.34. The number of rotatable bonds is 4. The predicted octanol–water partition coefficient (Wildman–Crippen LogP) is 4.49. The number of alkyl halides is 8. The normalized spacial score (nSPS) is 30.6. The van der Waals surface area contributed by atoms with Crippen molar-refractivity contribution >= 4 is 22.5 Å². The van der Waals surface area contributed by atoms with E-state index < -0.39 is 105 Å². The average Bonchev–Trinajstić information content (AvgIpc) is 3.40. The average molecular weight is 691 g/mol. The van der Waals surface area contributed by atoms with Crippen LogP contribution >= 0.6 is 0 Å². The van der Waals surface area contributed by atoms with Gasteiger partial charge in [-0.2, -0.15) is 36.3 Å². The van der Waals surface area contributed by atoms with Crippen LogP contribution in [0.5, 0.6) is 11.9 Å². The SMILES string of the molecule is Cc1nc(N)cc(-c2nc3c4c(nc(OC[C@@H]5N(C)C[C@@]56CC6(F)F)nc4c2F)N2C[C@H]4CC[C@H](N4)[C@H]2[C@H](C(F)(F)F)O3)c1C(F)(F)F. The molecule has 1 spiro atoms. The fraction of sp³-hybridized carbons (Fsp3) is 0.586. The third kappa shape index (κ3) is 4.48. The fourth-order valence-electron chi connectivity index (χ4n) is 8.07. The van der Waals surface area contributed by atoms with Crippen LogP contribution in [-0.4, -0.2) is 94.0 Å². The smallest absolute Gasteiger partial charge is 0.427 e. The topological polar surface area (TPSA) is 115 Å². The van der Waals surface area contributed by atoms with Crippen LogP contribution in [0.1, 0.15) is 30.5 Å². The lowest BCUT2D eigenvalue weighted by molar-refractivity contribution is -0.203. The standard InChI is InChI=1S/C29H27F9N8O2/c1-10-17(28(33,34)35)12(5-15(39)40-10)19-18(30)20-16-23(44-25(43-20)47-7-14-26(9-45(14)2)8-27(26,31)32)46-6-11-3-4-13(41-11)21(46)22(29(36,37)38)48-24(16)42-19/h5,11,13-14,21-22,41H,3-4,6-9H2,1-2H3,(H2,39,40)/t11-,13+,14+,21+,22-,26+/m1/s1. The van der Waals surface area contributed by atoms with E-state index in [4.69, 9.17) is 15.2 Å². The lowest BCUT2D eigenvalue weighted by Crippen LogP contribution is -2.66. The van der Waals surface area contributed by atoms with E-state index in [1.54, 1.807) is 11.9 Å². The minimum Gasteiger partial charge on any atom is -0.462 e. The first-order valence-corrected chi connectivity index (χ1v) is 15.1. The molecule has 3 N–H and O–H groups in total. The van der Waals surface area contributed by atoms with E-state index in [1.165, 1.54) is 4.90 Å². The number of nitrogens with one attached hydrogen (secondary N) is 1. The maximum absolute atomic E-state index is 16.7. The van der Waals surface area contributed by atoms with Gasteiger partial charge in [0, 0.05) is 37.2 Å². The summed E-state index contributed by atoms with van der Waals surface area (Å²) in [5.41, 5.74) is -0.267. The van der Waals surface area contributed by atoms with Gasteiger partial charge < -0.3 is 25.4 Å². The molecule has 7 heterocycles. The molecule has 8 rings (SSSR count). The van der Waals surface area contributed by atoms with Crippen molar-refractivity contribution in [3.8, 4) is 23.1 Å². The number of fused-ring (bicyclic) bond motifs is 5. The lowest BCUT2D eigenvalue weighted by atomic mass is 9.85. The number of pyridine rings is 2. The van der Waals surface area contributed by atoms with Gasteiger partial charge in [0.15, 0.2) is 5.82 Å². The number of likely N-dealkylation sites (tertiary alicyclic amines) is 1. The maximum Gasteiger partial charge on any atom is 0.427 e. The second-order valence-electron chi connectivity index (χ2n) is 13.2. The number of ether oxygens (including phenoxy) is 2. The first-order chi connectivity index (χ1) is 22.4. The number of halogens is 9. The minimum atomic E-state index is -5.10. The zero-order chi connectivity index (χ0) is 34.3. The van der Waals surface area contributed by atoms with E-state index in [0.29, 0.717) is 18.9 Å². The van der Waals surface area contributed by atoms with E-state index in [2.05, 4.69) is 25.3 Å². The summed E-state index contributed by atoms with van der Waals surface area (Å²) in [6.45, 7) is 0.735. The van der Waals surface area contributed by atoms with E-state index in [0.717, 1.165) is 6.92 Å². The molecule has 4 aliphatic heterocycles. The predicted molar refractivity (Wildman–Crippen MR) is 150 cm³/mol. The number of aromatic nitrogens is 4. The van der Waals surface area contributed by atoms with Crippen molar-refractivity contribution in [2.45, 2.75) is 74.7 Å². The van der Waals surface area contributed by atoms with E-state index >= 15 is 4.39 Å². The Morgan fingerprint density at radius 2 is 1.83 bits per heavy atom. The van der Waals surface area contributed by atoms with Crippen molar-refractivity contribution in [3.63, 3.8) is 0 Å². The third-order valence-electron chi connectivity index (χ3n) is 10.3. The summed E-state index contributed by atoms with van der Waals surface area (Å²) in [7, 11) is 1.61. The molecule has 2 bridgehead atoms. The maximum atomic E-state index is 16.7. The van der Waals surface area contributed by atoms with Gasteiger partial charge in [-0.25, -0.2) is 23.1 Å². The van der Waals surface area contributed by atoms with Crippen LogP contribution < -0.4 is 25.4 Å². The highest BCUT2D eigenvalue weighted by atomic mass is 19.4. The van der Waals surface area contributed by atoms with Crippen molar-refractivity contribution in [1.29, 1.82) is 0 Å². The molecule has 3 saturated heterocycles. The molecule has 0 amide bonds. The van der Waals surface area contributed by atoms with Crippen LogP contribution in [0.25, 0.3) is 22.2 Å². The molecule has 1 saturated carbocycles. The molecule has 3 aromatic heterocycles. The van der Waals surface area contributed by atoms with Crippen LogP contribution in [0.2, 0.25) is 0 Å². The molecule has 3 aromatic rings. The highest BCUT2D eigenvalue weighted by molar-refractivity contribution is 5.97. The van der Waals surface area contributed by atoms with Gasteiger partial charge in [-0.3, -0.25) is 4.90 Å². The van der Waals surface area contributed by atoms with Crippen LogP contribution in [0.3, 0.4) is 0 Å². The summed E-state index contributed by atoms with van der Waals surface area (Å²) in [4.78, 5) is 19.0.